The molecule has 0 aromatic heterocycles. The Hall–Kier alpha value is -2.23. The maximum atomic E-state index is 12.1. The normalized spacial score (nSPS) is 19.8. The number of ketones is 1. The fourth-order valence-corrected chi connectivity index (χ4v) is 3.25. The molecule has 0 spiro atoms. The van der Waals surface area contributed by atoms with Crippen LogP contribution in [-0.2, 0) is 11.3 Å². The van der Waals surface area contributed by atoms with Crippen molar-refractivity contribution in [2.75, 3.05) is 7.05 Å². The second kappa shape index (κ2) is 9.30. The molecular formula is C22H27NO2. The van der Waals surface area contributed by atoms with Crippen LogP contribution in [0.25, 0.3) is 11.1 Å². The molecule has 1 aliphatic rings. The Balaban J connectivity index is 0.00000109. The van der Waals surface area contributed by atoms with E-state index in [9.17, 15) is 9.90 Å². The Morgan fingerprint density at radius 1 is 1.04 bits per heavy atom. The average Bonchev–Trinajstić information content (AvgIpc) is 2.66. The number of hydrogen-bond acceptors (Lipinski definition) is 3. The summed E-state index contributed by atoms with van der Waals surface area (Å²) in [6.45, 7) is 6.87. The minimum atomic E-state index is -0.350. The molecule has 0 heterocycles. The molecule has 2 aromatic rings. The third kappa shape index (κ3) is 4.88. The first-order valence-corrected chi connectivity index (χ1v) is 8.72. The zero-order chi connectivity index (χ0) is 18.2. The van der Waals surface area contributed by atoms with Gasteiger partial charge in [-0.15, -0.1) is 13.2 Å². The molecule has 3 heteroatoms. The molecule has 2 N–H and O–H groups in total. The first kappa shape index (κ1) is 19.1. The lowest BCUT2D eigenvalue weighted by Gasteiger charge is -2.25. The van der Waals surface area contributed by atoms with Crippen LogP contribution in [0.4, 0.5) is 0 Å². The molecule has 1 saturated carbocycles. The number of carbonyl (C=O) groups excluding carboxylic acids is 1. The molecule has 0 saturated heterocycles. The van der Waals surface area contributed by atoms with E-state index >= 15 is 0 Å². The second-order valence-corrected chi connectivity index (χ2v) is 6.30. The largest absolute Gasteiger partial charge is 0.393 e. The van der Waals surface area contributed by atoms with Gasteiger partial charge in [0.05, 0.1) is 6.10 Å². The van der Waals surface area contributed by atoms with Crippen LogP contribution in [0.1, 0.15) is 36.3 Å². The third-order valence-electron chi connectivity index (χ3n) is 4.60. The molecule has 1 fully saturated rings. The molecular weight excluding hydrogens is 310 g/mol. The van der Waals surface area contributed by atoms with Crippen LogP contribution >= 0.6 is 0 Å². The summed E-state index contributed by atoms with van der Waals surface area (Å²) in [6, 6.07) is 16.7. The van der Waals surface area contributed by atoms with E-state index < -0.39 is 0 Å². The van der Waals surface area contributed by atoms with E-state index in [4.69, 9.17) is 0 Å². The quantitative estimate of drug-likeness (QED) is 0.827. The van der Waals surface area contributed by atoms with Crippen molar-refractivity contribution < 1.29 is 9.90 Å². The number of nitrogens with one attached hydrogen (secondary N) is 1. The topological polar surface area (TPSA) is 49.3 Å². The highest BCUT2D eigenvalue weighted by molar-refractivity contribution is 5.86. The fraction of sp³-hybridized carbons (Fsp3) is 0.318. The number of benzene rings is 2. The van der Waals surface area contributed by atoms with Crippen LogP contribution < -0.4 is 5.32 Å². The van der Waals surface area contributed by atoms with Crippen LogP contribution in [0.2, 0.25) is 0 Å². The van der Waals surface area contributed by atoms with Crippen molar-refractivity contribution in [3.05, 3.63) is 72.8 Å². The van der Waals surface area contributed by atoms with Crippen molar-refractivity contribution in [1.82, 2.24) is 5.32 Å². The van der Waals surface area contributed by atoms with Crippen LogP contribution in [0.15, 0.2) is 61.7 Å². The monoisotopic (exact) mass is 337 g/mol. The first-order valence-electron chi connectivity index (χ1n) is 8.72. The maximum absolute atomic E-state index is 12.1. The van der Waals surface area contributed by atoms with E-state index in [1.165, 1.54) is 11.1 Å². The van der Waals surface area contributed by atoms with Gasteiger partial charge in [-0.25, -0.2) is 0 Å². The van der Waals surface area contributed by atoms with Crippen molar-refractivity contribution >= 4 is 5.78 Å². The highest BCUT2D eigenvalue weighted by Gasteiger charge is 2.28. The Kier molecular flexibility index (Phi) is 7.11. The maximum Gasteiger partial charge on any atom is 0.140 e. The smallest absolute Gasteiger partial charge is 0.140 e. The van der Waals surface area contributed by atoms with Crippen LogP contribution in [-0.4, -0.2) is 24.0 Å². The number of hydrogen-bond donors (Lipinski definition) is 2. The molecule has 2 atom stereocenters. The molecule has 3 rings (SSSR count). The SMILES string of the molecule is C=C.CNCc1ccc(-c2ccc(C3CC(O)CCC3=O)cc2)cc1. The zero-order valence-electron chi connectivity index (χ0n) is 14.9. The van der Waals surface area contributed by atoms with E-state index in [1.807, 2.05) is 19.2 Å². The summed E-state index contributed by atoms with van der Waals surface area (Å²) >= 11 is 0. The van der Waals surface area contributed by atoms with Crippen molar-refractivity contribution in [1.29, 1.82) is 0 Å². The number of rotatable bonds is 4. The number of Topliss-reactive ketones (excluding diaryl/α,β-unsaturated/α-hetero) is 1. The van der Waals surface area contributed by atoms with Crippen LogP contribution in [0.5, 0.6) is 0 Å². The van der Waals surface area contributed by atoms with Gasteiger partial charge in [0.15, 0.2) is 0 Å². The second-order valence-electron chi connectivity index (χ2n) is 6.30. The lowest BCUT2D eigenvalue weighted by molar-refractivity contribution is -0.123. The summed E-state index contributed by atoms with van der Waals surface area (Å²) < 4.78 is 0. The summed E-state index contributed by atoms with van der Waals surface area (Å²) in [5.41, 5.74) is 4.60. The van der Waals surface area contributed by atoms with Gasteiger partial charge in [0, 0.05) is 18.9 Å². The zero-order valence-corrected chi connectivity index (χ0v) is 14.9. The van der Waals surface area contributed by atoms with Crippen molar-refractivity contribution in [3.63, 3.8) is 0 Å². The summed E-state index contributed by atoms with van der Waals surface area (Å²) in [4.78, 5) is 12.1. The minimum absolute atomic E-state index is 0.147. The lowest BCUT2D eigenvalue weighted by Crippen LogP contribution is -2.26. The molecule has 3 nitrogen and oxygen atoms in total. The average molecular weight is 337 g/mol. The van der Waals surface area contributed by atoms with Crippen LogP contribution in [0.3, 0.4) is 0 Å². The van der Waals surface area contributed by atoms with Crippen molar-refractivity contribution in [2.45, 2.75) is 37.8 Å². The Morgan fingerprint density at radius 2 is 1.60 bits per heavy atom. The third-order valence-corrected chi connectivity index (χ3v) is 4.60. The van der Waals surface area contributed by atoms with Gasteiger partial charge < -0.3 is 10.4 Å². The number of carbonyl (C=O) groups is 1. The Bertz CT molecular complexity index is 676. The van der Waals surface area contributed by atoms with E-state index in [0.717, 1.165) is 17.7 Å². The van der Waals surface area contributed by atoms with E-state index in [2.05, 4.69) is 54.9 Å². The molecule has 25 heavy (non-hydrogen) atoms. The molecule has 0 amide bonds. The molecule has 2 aromatic carbocycles. The summed E-state index contributed by atoms with van der Waals surface area (Å²) in [5.74, 6) is 0.102. The van der Waals surface area contributed by atoms with Crippen LogP contribution in [0, 0.1) is 0 Å². The van der Waals surface area contributed by atoms with E-state index in [1.54, 1.807) is 0 Å². The van der Waals surface area contributed by atoms with Gasteiger partial charge in [0.25, 0.3) is 0 Å². The molecule has 0 radical (unpaired) electrons. The highest BCUT2D eigenvalue weighted by atomic mass is 16.3. The van der Waals surface area contributed by atoms with Gasteiger partial charge in [-0.3, -0.25) is 4.79 Å². The predicted octanol–water partition coefficient (Wildman–Crippen LogP) is 4.07. The number of aliphatic hydroxyl groups is 1. The van der Waals surface area contributed by atoms with Gasteiger partial charge in [-0.2, -0.15) is 0 Å². The van der Waals surface area contributed by atoms with Crippen molar-refractivity contribution in [2.24, 2.45) is 0 Å². The van der Waals surface area contributed by atoms with Crippen molar-refractivity contribution in [3.8, 4) is 11.1 Å². The molecule has 0 bridgehead atoms. The summed E-state index contributed by atoms with van der Waals surface area (Å²) in [6.07, 6.45) is 1.29. The lowest BCUT2D eigenvalue weighted by atomic mass is 9.81. The number of aliphatic hydroxyl groups excluding tert-OH is 1. The standard InChI is InChI=1S/C20H23NO2.C2H4/c1-21-13-14-2-4-15(5-3-14)16-6-8-17(9-7-16)19-12-18(22)10-11-20(19)23;1-2/h2-9,18-19,21-22H,10-13H2,1H3;1-2H2. The van der Waals surface area contributed by atoms with Gasteiger partial charge in [-0.05, 0) is 42.1 Å². The van der Waals surface area contributed by atoms with Gasteiger partial charge in [-0.1, -0.05) is 48.5 Å². The first-order chi connectivity index (χ1) is 12.2. The van der Waals surface area contributed by atoms with E-state index in [0.29, 0.717) is 19.3 Å². The van der Waals surface area contributed by atoms with Gasteiger partial charge >= 0.3 is 0 Å². The highest BCUT2D eigenvalue weighted by Crippen LogP contribution is 2.31. The summed E-state index contributed by atoms with van der Waals surface area (Å²) in [7, 11) is 1.94. The Labute approximate surface area is 150 Å². The molecule has 0 aliphatic heterocycles. The van der Waals surface area contributed by atoms with Gasteiger partial charge in [0.1, 0.15) is 5.78 Å². The molecule has 2 unspecified atom stereocenters. The Morgan fingerprint density at radius 3 is 2.16 bits per heavy atom. The predicted molar refractivity (Wildman–Crippen MR) is 104 cm³/mol. The molecule has 132 valence electrons. The molecule has 1 aliphatic carbocycles. The van der Waals surface area contributed by atoms with E-state index in [-0.39, 0.29) is 17.8 Å². The minimum Gasteiger partial charge on any atom is -0.393 e. The summed E-state index contributed by atoms with van der Waals surface area (Å²) in [5, 5.41) is 12.9. The fourth-order valence-electron chi connectivity index (χ4n) is 3.25. The van der Waals surface area contributed by atoms with Gasteiger partial charge in [0.2, 0.25) is 0 Å².